The number of hydrogen-bond acceptors (Lipinski definition) is 3. The van der Waals surface area contributed by atoms with Crippen LogP contribution in [0.25, 0.3) is 0 Å². The maximum atomic E-state index is 11.9. The van der Waals surface area contributed by atoms with Crippen molar-refractivity contribution in [1.82, 2.24) is 5.32 Å². The van der Waals surface area contributed by atoms with Gasteiger partial charge < -0.3 is 10.6 Å². The Morgan fingerprint density at radius 3 is 3.00 bits per heavy atom. The fourth-order valence-electron chi connectivity index (χ4n) is 1.87. The number of benzene rings is 1. The number of rotatable bonds is 2. The molecule has 2 amide bonds. The topological polar surface area (TPSA) is 82.0 Å². The Morgan fingerprint density at radius 2 is 2.33 bits per heavy atom. The number of piperidine rings is 1. The van der Waals surface area contributed by atoms with E-state index in [1.54, 1.807) is 24.3 Å². The zero-order valence-corrected chi connectivity index (χ0v) is 9.77. The van der Waals surface area contributed by atoms with Crippen LogP contribution in [0, 0.1) is 17.2 Å². The van der Waals surface area contributed by atoms with Crippen LogP contribution in [-0.4, -0.2) is 18.4 Å². The van der Waals surface area contributed by atoms with E-state index in [-0.39, 0.29) is 17.7 Å². The van der Waals surface area contributed by atoms with E-state index in [0.29, 0.717) is 30.6 Å². The molecular weight excluding hydrogens is 230 g/mol. The van der Waals surface area contributed by atoms with Gasteiger partial charge in [-0.15, -0.1) is 0 Å². The molecule has 0 spiro atoms. The third kappa shape index (κ3) is 2.86. The Hall–Kier alpha value is -2.35. The van der Waals surface area contributed by atoms with Gasteiger partial charge in [-0.25, -0.2) is 0 Å². The standard InChI is InChI=1S/C13H13N3O2/c14-7-9-2-1-3-11(6-9)16-13(18)10-4-5-12(17)15-8-10/h1-3,6,10H,4-5,8H2,(H,15,17)(H,16,18). The SMILES string of the molecule is N#Cc1cccc(NC(=O)C2CCC(=O)NC2)c1. The van der Waals surface area contributed by atoms with Gasteiger partial charge in [-0.3, -0.25) is 9.59 Å². The lowest BCUT2D eigenvalue weighted by atomic mass is 9.98. The number of carbonyl (C=O) groups is 2. The minimum atomic E-state index is -0.201. The van der Waals surface area contributed by atoms with Crippen LogP contribution in [0.3, 0.4) is 0 Å². The quantitative estimate of drug-likeness (QED) is 0.813. The molecule has 0 saturated carbocycles. The Balaban J connectivity index is 1.98. The van der Waals surface area contributed by atoms with Gasteiger partial charge in [0.25, 0.3) is 0 Å². The summed E-state index contributed by atoms with van der Waals surface area (Å²) in [6.07, 6.45) is 0.950. The van der Waals surface area contributed by atoms with E-state index in [2.05, 4.69) is 10.6 Å². The fourth-order valence-corrected chi connectivity index (χ4v) is 1.87. The van der Waals surface area contributed by atoms with Gasteiger partial charge >= 0.3 is 0 Å². The predicted molar refractivity (Wildman–Crippen MR) is 65.5 cm³/mol. The second kappa shape index (κ2) is 5.32. The zero-order valence-electron chi connectivity index (χ0n) is 9.77. The molecular formula is C13H13N3O2. The highest BCUT2D eigenvalue weighted by atomic mass is 16.2. The molecule has 2 rings (SSSR count). The van der Waals surface area contributed by atoms with Gasteiger partial charge in [-0.05, 0) is 24.6 Å². The molecule has 1 aromatic carbocycles. The van der Waals surface area contributed by atoms with Crippen molar-refractivity contribution in [2.24, 2.45) is 5.92 Å². The average Bonchev–Trinajstić information content (AvgIpc) is 2.39. The van der Waals surface area contributed by atoms with E-state index in [9.17, 15) is 9.59 Å². The summed E-state index contributed by atoms with van der Waals surface area (Å²) in [4.78, 5) is 22.9. The zero-order chi connectivity index (χ0) is 13.0. The predicted octanol–water partition coefficient (Wildman–Crippen LogP) is 1.02. The third-order valence-corrected chi connectivity index (χ3v) is 2.90. The van der Waals surface area contributed by atoms with Gasteiger partial charge in [-0.2, -0.15) is 5.26 Å². The van der Waals surface area contributed by atoms with Gasteiger partial charge in [0.15, 0.2) is 0 Å². The molecule has 92 valence electrons. The van der Waals surface area contributed by atoms with Crippen LogP contribution in [0.15, 0.2) is 24.3 Å². The maximum Gasteiger partial charge on any atom is 0.229 e. The van der Waals surface area contributed by atoms with Crippen LogP contribution in [0.1, 0.15) is 18.4 Å². The van der Waals surface area contributed by atoms with Gasteiger partial charge in [0.2, 0.25) is 11.8 Å². The molecule has 0 bridgehead atoms. The minimum Gasteiger partial charge on any atom is -0.355 e. The number of nitriles is 1. The summed E-state index contributed by atoms with van der Waals surface area (Å²) in [6, 6.07) is 8.77. The third-order valence-electron chi connectivity index (χ3n) is 2.90. The van der Waals surface area contributed by atoms with E-state index in [1.807, 2.05) is 6.07 Å². The van der Waals surface area contributed by atoms with Gasteiger partial charge in [0.05, 0.1) is 17.6 Å². The lowest BCUT2D eigenvalue weighted by molar-refractivity contribution is -0.126. The largest absolute Gasteiger partial charge is 0.355 e. The molecule has 18 heavy (non-hydrogen) atoms. The monoisotopic (exact) mass is 243 g/mol. The Kier molecular flexibility index (Phi) is 3.58. The summed E-state index contributed by atoms with van der Waals surface area (Å²) in [6.45, 7) is 0.378. The van der Waals surface area contributed by atoms with Crippen molar-refractivity contribution in [3.63, 3.8) is 0 Å². The lowest BCUT2D eigenvalue weighted by Crippen LogP contribution is -2.40. The maximum absolute atomic E-state index is 11.9. The molecule has 1 saturated heterocycles. The molecule has 5 heteroatoms. The summed E-state index contributed by atoms with van der Waals surface area (Å²) >= 11 is 0. The summed E-state index contributed by atoms with van der Waals surface area (Å²) < 4.78 is 0. The van der Waals surface area contributed by atoms with E-state index >= 15 is 0 Å². The molecule has 0 aliphatic carbocycles. The van der Waals surface area contributed by atoms with E-state index in [0.717, 1.165) is 0 Å². The molecule has 0 aromatic heterocycles. The van der Waals surface area contributed by atoms with Crippen molar-refractivity contribution in [2.45, 2.75) is 12.8 Å². The van der Waals surface area contributed by atoms with Crippen molar-refractivity contribution < 1.29 is 9.59 Å². The Bertz CT molecular complexity index is 509. The summed E-state index contributed by atoms with van der Waals surface area (Å²) in [7, 11) is 0. The molecule has 5 nitrogen and oxygen atoms in total. The van der Waals surface area contributed by atoms with Crippen molar-refractivity contribution in [1.29, 1.82) is 5.26 Å². The molecule has 1 atom stereocenters. The molecule has 1 aliphatic rings. The minimum absolute atomic E-state index is 0.00877. The van der Waals surface area contributed by atoms with Gasteiger partial charge in [0, 0.05) is 18.7 Å². The molecule has 2 N–H and O–H groups in total. The number of hydrogen-bond donors (Lipinski definition) is 2. The first-order valence-corrected chi connectivity index (χ1v) is 5.77. The van der Waals surface area contributed by atoms with Crippen LogP contribution >= 0.6 is 0 Å². The smallest absolute Gasteiger partial charge is 0.229 e. The van der Waals surface area contributed by atoms with Crippen molar-refractivity contribution in [3.05, 3.63) is 29.8 Å². The second-order valence-electron chi connectivity index (χ2n) is 4.22. The average molecular weight is 243 g/mol. The van der Waals surface area contributed by atoms with Crippen molar-refractivity contribution in [3.8, 4) is 6.07 Å². The van der Waals surface area contributed by atoms with Crippen LogP contribution < -0.4 is 10.6 Å². The summed E-state index contributed by atoms with van der Waals surface area (Å²) in [5.41, 5.74) is 1.11. The molecule has 1 fully saturated rings. The number of nitrogens with one attached hydrogen (secondary N) is 2. The Labute approximate surface area is 105 Å². The first-order valence-electron chi connectivity index (χ1n) is 5.77. The first kappa shape index (κ1) is 12.1. The summed E-state index contributed by atoms with van der Waals surface area (Å²) in [5, 5.41) is 14.2. The fraction of sp³-hybridized carbons (Fsp3) is 0.308. The number of anilines is 1. The van der Waals surface area contributed by atoms with Crippen LogP contribution in [0.2, 0.25) is 0 Å². The molecule has 0 radical (unpaired) electrons. The van der Waals surface area contributed by atoms with E-state index < -0.39 is 0 Å². The van der Waals surface area contributed by atoms with E-state index in [1.165, 1.54) is 0 Å². The number of carbonyl (C=O) groups excluding carboxylic acids is 2. The van der Waals surface area contributed by atoms with Crippen LogP contribution in [-0.2, 0) is 9.59 Å². The number of amides is 2. The number of nitrogens with zero attached hydrogens (tertiary/aromatic N) is 1. The Morgan fingerprint density at radius 1 is 1.50 bits per heavy atom. The van der Waals surface area contributed by atoms with Crippen molar-refractivity contribution in [2.75, 3.05) is 11.9 Å². The highest BCUT2D eigenvalue weighted by molar-refractivity contribution is 5.94. The van der Waals surface area contributed by atoms with Gasteiger partial charge in [-0.1, -0.05) is 6.07 Å². The highest BCUT2D eigenvalue weighted by Crippen LogP contribution is 2.15. The molecule has 1 aromatic rings. The van der Waals surface area contributed by atoms with Gasteiger partial charge in [0.1, 0.15) is 0 Å². The van der Waals surface area contributed by atoms with Crippen LogP contribution in [0.5, 0.6) is 0 Å². The van der Waals surface area contributed by atoms with E-state index in [4.69, 9.17) is 5.26 Å². The summed E-state index contributed by atoms with van der Waals surface area (Å²) in [5.74, 6) is -0.330. The first-order chi connectivity index (χ1) is 8.69. The van der Waals surface area contributed by atoms with Crippen molar-refractivity contribution >= 4 is 17.5 Å². The molecule has 1 aliphatic heterocycles. The lowest BCUT2D eigenvalue weighted by Gasteiger charge is -2.21. The van der Waals surface area contributed by atoms with Crippen LogP contribution in [0.4, 0.5) is 5.69 Å². The molecule has 1 unspecified atom stereocenters. The second-order valence-corrected chi connectivity index (χ2v) is 4.22. The normalized spacial score (nSPS) is 18.6. The molecule has 1 heterocycles. The highest BCUT2D eigenvalue weighted by Gasteiger charge is 2.24.